The summed E-state index contributed by atoms with van der Waals surface area (Å²) in [7, 11) is -3.49. The number of aliphatic hydroxyl groups is 1. The molecule has 2 unspecified atom stereocenters. The molecule has 0 bridgehead atoms. The third kappa shape index (κ3) is 4.44. The third-order valence-corrected chi connectivity index (χ3v) is 7.57. The van der Waals surface area contributed by atoms with Crippen molar-refractivity contribution < 1.29 is 13.5 Å². The fourth-order valence-electron chi connectivity index (χ4n) is 3.70. The molecule has 3 rings (SSSR count). The van der Waals surface area contributed by atoms with E-state index >= 15 is 0 Å². The van der Waals surface area contributed by atoms with Crippen LogP contribution >= 0.6 is 0 Å². The van der Waals surface area contributed by atoms with Crippen LogP contribution in [0.2, 0.25) is 0 Å². The van der Waals surface area contributed by atoms with E-state index in [-0.39, 0.29) is 17.4 Å². The highest BCUT2D eigenvalue weighted by Crippen LogP contribution is 2.38. The van der Waals surface area contributed by atoms with Gasteiger partial charge in [0.1, 0.15) is 0 Å². The van der Waals surface area contributed by atoms with Crippen LogP contribution in [0, 0.1) is 11.8 Å². The van der Waals surface area contributed by atoms with Gasteiger partial charge in [0.05, 0.1) is 11.0 Å². The van der Waals surface area contributed by atoms with Crippen molar-refractivity contribution >= 4 is 10.0 Å². The number of hydrogen-bond donors (Lipinski definition) is 1. The van der Waals surface area contributed by atoms with Crippen molar-refractivity contribution in [2.45, 2.75) is 69.3 Å². The number of benzene rings is 1. The molecule has 0 radical (unpaired) electrons. The maximum atomic E-state index is 13.0. The fourth-order valence-corrected chi connectivity index (χ4v) is 5.17. The predicted octanol–water partition coefficient (Wildman–Crippen LogP) is 3.55. The van der Waals surface area contributed by atoms with Crippen LogP contribution < -0.4 is 0 Å². The Morgan fingerprint density at radius 1 is 1.04 bits per heavy atom. The standard InChI is InChI=1S/C20H31NO3S/c1-20(2,3)17-6-8-18(9-7-17)25(23,24)21-12-10-16(14-15-4-5-15)19(22)11-13-21/h6-9,15-16,19,22H,4-5,10-14H2,1-3H3. The molecular weight excluding hydrogens is 334 g/mol. The lowest BCUT2D eigenvalue weighted by molar-refractivity contribution is 0.0960. The Morgan fingerprint density at radius 2 is 1.64 bits per heavy atom. The van der Waals surface area contributed by atoms with E-state index in [1.165, 1.54) is 12.8 Å². The Kier molecular flexibility index (Phi) is 5.29. The highest BCUT2D eigenvalue weighted by Gasteiger charge is 2.34. The molecule has 0 spiro atoms. The SMILES string of the molecule is CC(C)(C)c1ccc(S(=O)(=O)N2CCC(O)C(CC3CC3)CC2)cc1. The minimum atomic E-state index is -3.49. The Balaban J connectivity index is 1.73. The first kappa shape index (κ1) is 18.9. The van der Waals surface area contributed by atoms with Crippen LogP contribution in [0.25, 0.3) is 0 Å². The molecule has 1 N–H and O–H groups in total. The summed E-state index contributed by atoms with van der Waals surface area (Å²) in [4.78, 5) is 0.357. The summed E-state index contributed by atoms with van der Waals surface area (Å²) in [5.41, 5.74) is 1.13. The molecule has 25 heavy (non-hydrogen) atoms. The van der Waals surface area contributed by atoms with Crippen molar-refractivity contribution in [2.24, 2.45) is 11.8 Å². The van der Waals surface area contributed by atoms with E-state index in [1.807, 2.05) is 12.1 Å². The summed E-state index contributed by atoms with van der Waals surface area (Å²) in [6.07, 6.45) is 4.52. The molecule has 0 aromatic heterocycles. The van der Waals surface area contributed by atoms with E-state index < -0.39 is 10.0 Å². The van der Waals surface area contributed by atoms with E-state index in [4.69, 9.17) is 0 Å². The van der Waals surface area contributed by atoms with Gasteiger partial charge in [-0.3, -0.25) is 0 Å². The summed E-state index contributed by atoms with van der Waals surface area (Å²) < 4.78 is 27.6. The van der Waals surface area contributed by atoms with Gasteiger partial charge in [0.15, 0.2) is 0 Å². The van der Waals surface area contributed by atoms with Gasteiger partial charge in [0.2, 0.25) is 10.0 Å². The zero-order chi connectivity index (χ0) is 18.2. The second-order valence-electron chi connectivity index (χ2n) is 8.76. The topological polar surface area (TPSA) is 57.6 Å². The van der Waals surface area contributed by atoms with Gasteiger partial charge < -0.3 is 5.11 Å². The monoisotopic (exact) mass is 365 g/mol. The fraction of sp³-hybridized carbons (Fsp3) is 0.700. The summed E-state index contributed by atoms with van der Waals surface area (Å²) in [6, 6.07) is 7.27. The summed E-state index contributed by atoms with van der Waals surface area (Å²) >= 11 is 0. The molecule has 1 saturated heterocycles. The lowest BCUT2D eigenvalue weighted by Crippen LogP contribution is -2.32. The molecule has 2 fully saturated rings. The Bertz CT molecular complexity index is 687. The number of rotatable bonds is 4. The Hall–Kier alpha value is -0.910. The lowest BCUT2D eigenvalue weighted by Gasteiger charge is -2.22. The molecule has 140 valence electrons. The maximum Gasteiger partial charge on any atom is 0.243 e. The Labute approximate surface area is 152 Å². The summed E-state index contributed by atoms with van der Waals surface area (Å²) in [5, 5.41) is 10.4. The zero-order valence-corrected chi connectivity index (χ0v) is 16.4. The van der Waals surface area contributed by atoms with Gasteiger partial charge in [-0.1, -0.05) is 45.7 Å². The minimum Gasteiger partial charge on any atom is -0.393 e. The van der Waals surface area contributed by atoms with E-state index in [0.717, 1.165) is 24.3 Å². The average molecular weight is 366 g/mol. The van der Waals surface area contributed by atoms with Crippen LogP contribution in [-0.2, 0) is 15.4 Å². The van der Waals surface area contributed by atoms with Gasteiger partial charge in [-0.15, -0.1) is 0 Å². The summed E-state index contributed by atoms with van der Waals surface area (Å²) in [6.45, 7) is 7.27. The second kappa shape index (κ2) is 7.01. The van der Waals surface area contributed by atoms with Gasteiger partial charge >= 0.3 is 0 Å². The van der Waals surface area contributed by atoms with Gasteiger partial charge in [0.25, 0.3) is 0 Å². The molecule has 0 amide bonds. The van der Waals surface area contributed by atoms with Gasteiger partial charge in [-0.25, -0.2) is 8.42 Å². The van der Waals surface area contributed by atoms with Gasteiger partial charge in [0, 0.05) is 13.1 Å². The Morgan fingerprint density at radius 3 is 2.20 bits per heavy atom. The first-order valence-corrected chi connectivity index (χ1v) is 10.9. The van der Waals surface area contributed by atoms with Gasteiger partial charge in [-0.05, 0) is 54.2 Å². The van der Waals surface area contributed by atoms with E-state index in [1.54, 1.807) is 16.4 Å². The molecule has 5 heteroatoms. The largest absolute Gasteiger partial charge is 0.393 e. The highest BCUT2D eigenvalue weighted by atomic mass is 32.2. The molecule has 2 aliphatic rings. The lowest BCUT2D eigenvalue weighted by atomic mass is 9.87. The van der Waals surface area contributed by atoms with Crippen LogP contribution in [0.4, 0.5) is 0 Å². The van der Waals surface area contributed by atoms with E-state index in [2.05, 4.69) is 20.8 Å². The van der Waals surface area contributed by atoms with Crippen LogP contribution in [0.5, 0.6) is 0 Å². The molecular formula is C20H31NO3S. The van der Waals surface area contributed by atoms with Crippen LogP contribution in [0.3, 0.4) is 0 Å². The zero-order valence-electron chi connectivity index (χ0n) is 15.6. The van der Waals surface area contributed by atoms with Crippen LogP contribution in [0.15, 0.2) is 29.2 Å². The minimum absolute atomic E-state index is 0.00500. The smallest absolute Gasteiger partial charge is 0.243 e. The van der Waals surface area contributed by atoms with Crippen molar-refractivity contribution in [1.82, 2.24) is 4.31 Å². The van der Waals surface area contributed by atoms with Gasteiger partial charge in [-0.2, -0.15) is 4.31 Å². The molecule has 4 nitrogen and oxygen atoms in total. The molecule has 1 aromatic rings. The van der Waals surface area contributed by atoms with Crippen molar-refractivity contribution in [3.8, 4) is 0 Å². The molecule has 1 heterocycles. The molecule has 1 aliphatic heterocycles. The molecule has 1 saturated carbocycles. The van der Waals surface area contributed by atoms with E-state index in [0.29, 0.717) is 24.4 Å². The molecule has 1 aromatic carbocycles. The highest BCUT2D eigenvalue weighted by molar-refractivity contribution is 7.89. The summed E-state index contributed by atoms with van der Waals surface area (Å²) in [5.74, 6) is 1.00. The number of sulfonamides is 1. The molecule has 1 aliphatic carbocycles. The third-order valence-electron chi connectivity index (χ3n) is 5.66. The molecule has 2 atom stereocenters. The van der Waals surface area contributed by atoms with Crippen molar-refractivity contribution in [3.05, 3.63) is 29.8 Å². The van der Waals surface area contributed by atoms with Crippen molar-refractivity contribution in [3.63, 3.8) is 0 Å². The predicted molar refractivity (Wildman–Crippen MR) is 100.0 cm³/mol. The quantitative estimate of drug-likeness (QED) is 0.888. The average Bonchev–Trinajstić information content (AvgIpc) is 3.37. The number of aliphatic hydroxyl groups excluding tert-OH is 1. The van der Waals surface area contributed by atoms with Crippen molar-refractivity contribution in [2.75, 3.05) is 13.1 Å². The number of nitrogens with zero attached hydrogens (tertiary/aromatic N) is 1. The van der Waals surface area contributed by atoms with Crippen LogP contribution in [0.1, 0.15) is 58.4 Å². The second-order valence-corrected chi connectivity index (χ2v) is 10.7. The van der Waals surface area contributed by atoms with Crippen molar-refractivity contribution in [1.29, 1.82) is 0 Å². The van der Waals surface area contributed by atoms with Crippen LogP contribution in [-0.4, -0.2) is 37.0 Å². The number of hydrogen-bond acceptors (Lipinski definition) is 3. The normalized spacial score (nSPS) is 26.4. The first-order chi connectivity index (χ1) is 11.7. The maximum absolute atomic E-state index is 13.0. The van der Waals surface area contributed by atoms with E-state index in [9.17, 15) is 13.5 Å². The first-order valence-electron chi connectivity index (χ1n) is 9.46.